The lowest BCUT2D eigenvalue weighted by Gasteiger charge is -2.24. The topological polar surface area (TPSA) is 97.0 Å². The Kier molecular flexibility index (Phi) is 7.61. The molecule has 0 spiro atoms. The monoisotopic (exact) mass is 425 g/mol. The van der Waals surface area contributed by atoms with Crippen molar-refractivity contribution in [2.24, 2.45) is 0 Å². The summed E-state index contributed by atoms with van der Waals surface area (Å²) in [4.78, 5) is 39.0. The summed E-state index contributed by atoms with van der Waals surface area (Å²) in [5, 5.41) is 5.60. The van der Waals surface area contributed by atoms with Crippen LogP contribution in [0.3, 0.4) is 0 Å². The van der Waals surface area contributed by atoms with Gasteiger partial charge in [0.25, 0.3) is 0 Å². The van der Waals surface area contributed by atoms with Crippen LogP contribution in [0, 0.1) is 0 Å². The second-order valence-corrected chi connectivity index (χ2v) is 7.17. The van der Waals surface area contributed by atoms with Crippen LogP contribution in [0.25, 0.3) is 0 Å². The minimum absolute atomic E-state index is 0.125. The molecule has 0 bridgehead atoms. The Morgan fingerprint density at radius 1 is 1.13 bits per heavy atom. The van der Waals surface area contributed by atoms with Gasteiger partial charge < -0.3 is 20.1 Å². The predicted molar refractivity (Wildman–Crippen MR) is 115 cm³/mol. The first-order valence-electron chi connectivity index (χ1n) is 10.2. The van der Waals surface area contributed by atoms with Crippen LogP contribution in [0.2, 0.25) is 0 Å². The van der Waals surface area contributed by atoms with Crippen molar-refractivity contribution < 1.29 is 23.9 Å². The molecule has 3 rings (SSSR count). The van der Waals surface area contributed by atoms with Crippen LogP contribution in [-0.2, 0) is 25.6 Å². The minimum atomic E-state index is -0.860. The van der Waals surface area contributed by atoms with E-state index in [0.29, 0.717) is 30.8 Å². The third-order valence-corrected chi connectivity index (χ3v) is 4.97. The molecule has 0 aromatic heterocycles. The molecule has 0 unspecified atom stereocenters. The van der Waals surface area contributed by atoms with Crippen molar-refractivity contribution in [3.8, 4) is 0 Å². The molecule has 1 fully saturated rings. The summed E-state index contributed by atoms with van der Waals surface area (Å²) in [6.45, 7) is 2.68. The van der Waals surface area contributed by atoms with E-state index >= 15 is 0 Å². The van der Waals surface area contributed by atoms with Gasteiger partial charge in [-0.05, 0) is 23.3 Å². The van der Waals surface area contributed by atoms with Crippen LogP contribution < -0.4 is 10.6 Å². The van der Waals surface area contributed by atoms with Crippen molar-refractivity contribution in [2.45, 2.75) is 32.0 Å². The van der Waals surface area contributed by atoms with Gasteiger partial charge in [-0.25, -0.2) is 4.79 Å². The van der Waals surface area contributed by atoms with Crippen molar-refractivity contribution in [1.82, 2.24) is 10.2 Å². The smallest absolute Gasteiger partial charge is 0.411 e. The van der Waals surface area contributed by atoms with Gasteiger partial charge in [-0.1, -0.05) is 49.4 Å². The maximum absolute atomic E-state index is 13.0. The maximum Gasteiger partial charge on any atom is 0.411 e. The molecule has 8 heteroatoms. The van der Waals surface area contributed by atoms with Crippen LogP contribution in [0.5, 0.6) is 0 Å². The summed E-state index contributed by atoms with van der Waals surface area (Å²) in [6, 6.07) is 15.6. The summed E-state index contributed by atoms with van der Waals surface area (Å²) in [5.74, 6) is -0.452. The van der Waals surface area contributed by atoms with Crippen molar-refractivity contribution >= 4 is 23.6 Å². The Morgan fingerprint density at radius 2 is 1.90 bits per heavy atom. The summed E-state index contributed by atoms with van der Waals surface area (Å²) in [7, 11) is 1.55. The van der Waals surface area contributed by atoms with E-state index in [4.69, 9.17) is 9.47 Å². The van der Waals surface area contributed by atoms with Gasteiger partial charge in [-0.2, -0.15) is 0 Å². The first kappa shape index (κ1) is 22.3. The van der Waals surface area contributed by atoms with E-state index in [2.05, 4.69) is 10.6 Å². The molecule has 2 aromatic carbocycles. The van der Waals surface area contributed by atoms with Crippen molar-refractivity contribution in [2.75, 3.05) is 25.6 Å². The van der Waals surface area contributed by atoms with E-state index in [0.717, 1.165) is 5.56 Å². The molecule has 3 amide bonds. The number of amides is 3. The first-order valence-corrected chi connectivity index (χ1v) is 10.2. The lowest BCUT2D eigenvalue weighted by atomic mass is 10.00. The highest BCUT2D eigenvalue weighted by Crippen LogP contribution is 2.35. The molecule has 164 valence electrons. The molecule has 31 heavy (non-hydrogen) atoms. The number of hydrogen-bond acceptors (Lipinski definition) is 5. The van der Waals surface area contributed by atoms with E-state index in [1.165, 1.54) is 4.90 Å². The van der Waals surface area contributed by atoms with Crippen LogP contribution in [0.15, 0.2) is 54.6 Å². The van der Waals surface area contributed by atoms with Crippen LogP contribution >= 0.6 is 0 Å². The van der Waals surface area contributed by atoms with Crippen LogP contribution in [0.1, 0.15) is 30.6 Å². The van der Waals surface area contributed by atoms with Gasteiger partial charge in [0.2, 0.25) is 11.8 Å². The van der Waals surface area contributed by atoms with E-state index in [1.807, 2.05) is 30.3 Å². The fourth-order valence-corrected chi connectivity index (χ4v) is 3.41. The van der Waals surface area contributed by atoms with Gasteiger partial charge in [-0.15, -0.1) is 0 Å². The lowest BCUT2D eigenvalue weighted by molar-refractivity contribution is -0.126. The molecule has 0 saturated carbocycles. The molecule has 1 aliphatic heterocycles. The minimum Gasteiger partial charge on any atom is -0.438 e. The van der Waals surface area contributed by atoms with Crippen LogP contribution in [0.4, 0.5) is 10.5 Å². The summed E-state index contributed by atoms with van der Waals surface area (Å²) in [6.07, 6.45) is -1.03. The number of cyclic esters (lactones) is 1. The van der Waals surface area contributed by atoms with Crippen LogP contribution in [-0.4, -0.2) is 49.1 Å². The zero-order valence-electron chi connectivity index (χ0n) is 17.7. The average Bonchev–Trinajstić information content (AvgIpc) is 3.10. The third-order valence-electron chi connectivity index (χ3n) is 4.97. The highest BCUT2D eigenvalue weighted by atomic mass is 16.6. The van der Waals surface area contributed by atoms with Gasteiger partial charge in [0, 0.05) is 25.8 Å². The molecule has 2 atom stereocenters. The maximum atomic E-state index is 13.0. The van der Waals surface area contributed by atoms with Crippen molar-refractivity contribution in [3.05, 3.63) is 65.7 Å². The summed E-state index contributed by atoms with van der Waals surface area (Å²) in [5.41, 5.74) is 2.10. The molecule has 1 saturated heterocycles. The van der Waals surface area contributed by atoms with E-state index < -0.39 is 18.2 Å². The van der Waals surface area contributed by atoms with Crippen molar-refractivity contribution in [3.63, 3.8) is 0 Å². The fraction of sp³-hybridized carbons (Fsp3) is 0.348. The van der Waals surface area contributed by atoms with E-state index in [1.54, 1.807) is 38.3 Å². The first-order chi connectivity index (χ1) is 15.0. The van der Waals surface area contributed by atoms with E-state index in [9.17, 15) is 14.4 Å². The Labute approximate surface area is 181 Å². The number of nitrogens with one attached hydrogen (secondary N) is 2. The highest BCUT2D eigenvalue weighted by Gasteiger charge is 2.46. The molecule has 0 aliphatic carbocycles. The highest BCUT2D eigenvalue weighted by molar-refractivity contribution is 5.91. The third kappa shape index (κ3) is 5.61. The van der Waals surface area contributed by atoms with Gasteiger partial charge in [-0.3, -0.25) is 14.5 Å². The Balaban J connectivity index is 1.88. The summed E-state index contributed by atoms with van der Waals surface area (Å²) >= 11 is 0. The Bertz CT molecular complexity index is 918. The normalized spacial score (nSPS) is 17.9. The molecular formula is C23H27N3O5. The standard InChI is InChI=1S/C23H27N3O5/c1-3-19(27)25-18-11-7-10-17(14-18)21-20(22(28)24-12-13-30-2)26(23(29)31-21)15-16-8-5-4-6-9-16/h4-11,14,20-21H,3,12-13,15H2,1-2H3,(H,24,28)(H,25,27)/t20-,21+/m0/s1. The molecule has 2 N–H and O–H groups in total. The van der Waals surface area contributed by atoms with Gasteiger partial charge in [0.05, 0.1) is 13.2 Å². The SMILES string of the molecule is CCC(=O)Nc1cccc([C@H]2OC(=O)N(Cc3ccccc3)[C@@H]2C(=O)NCCOC)c1. The van der Waals surface area contributed by atoms with E-state index in [-0.39, 0.29) is 18.4 Å². The number of anilines is 1. The summed E-state index contributed by atoms with van der Waals surface area (Å²) < 4.78 is 10.6. The molecule has 0 radical (unpaired) electrons. The van der Waals surface area contributed by atoms with Crippen molar-refractivity contribution in [1.29, 1.82) is 0 Å². The number of benzene rings is 2. The average molecular weight is 425 g/mol. The zero-order chi connectivity index (χ0) is 22.2. The fourth-order valence-electron chi connectivity index (χ4n) is 3.41. The molecule has 1 aliphatic rings. The number of ether oxygens (including phenoxy) is 2. The van der Waals surface area contributed by atoms with Gasteiger partial charge in [0.1, 0.15) is 0 Å². The predicted octanol–water partition coefficient (Wildman–Crippen LogP) is 2.86. The van der Waals surface area contributed by atoms with Gasteiger partial charge in [0.15, 0.2) is 12.1 Å². The molecule has 1 heterocycles. The lowest BCUT2D eigenvalue weighted by Crippen LogP contribution is -2.47. The zero-order valence-corrected chi connectivity index (χ0v) is 17.7. The number of carbonyl (C=O) groups excluding carboxylic acids is 3. The largest absolute Gasteiger partial charge is 0.438 e. The molecule has 8 nitrogen and oxygen atoms in total. The number of nitrogens with zero attached hydrogens (tertiary/aromatic N) is 1. The number of rotatable bonds is 9. The second-order valence-electron chi connectivity index (χ2n) is 7.17. The number of carbonyl (C=O) groups is 3. The number of hydrogen-bond donors (Lipinski definition) is 2. The van der Waals surface area contributed by atoms with Gasteiger partial charge >= 0.3 is 6.09 Å². The quantitative estimate of drug-likeness (QED) is 0.602. The Morgan fingerprint density at radius 3 is 2.61 bits per heavy atom. The molecular weight excluding hydrogens is 398 g/mol. The second kappa shape index (κ2) is 10.6. The number of methoxy groups -OCH3 is 1. The molecule has 2 aromatic rings. The Hall–Kier alpha value is -3.39.